The van der Waals surface area contributed by atoms with E-state index in [0.717, 1.165) is 18.4 Å². The van der Waals surface area contributed by atoms with Crippen LogP contribution in [-0.2, 0) is 0 Å². The number of hydrogen-bond acceptors (Lipinski definition) is 2. The number of rotatable bonds is 2. The third kappa shape index (κ3) is 3.40. The van der Waals surface area contributed by atoms with Crippen molar-refractivity contribution in [2.24, 2.45) is 0 Å². The summed E-state index contributed by atoms with van der Waals surface area (Å²) < 4.78 is 2.75. The van der Waals surface area contributed by atoms with E-state index in [0.29, 0.717) is 4.88 Å². The second kappa shape index (κ2) is 5.65. The van der Waals surface area contributed by atoms with Crippen LogP contribution in [0.4, 0.5) is 5.69 Å². The van der Waals surface area contributed by atoms with Gasteiger partial charge in [0, 0.05) is 8.95 Å². The molecular formula is C11H6Br3NOS. The van der Waals surface area contributed by atoms with Crippen LogP contribution in [0.25, 0.3) is 0 Å². The molecule has 0 aliphatic rings. The maximum atomic E-state index is 11.9. The van der Waals surface area contributed by atoms with Crippen molar-refractivity contribution in [1.82, 2.24) is 0 Å². The average Bonchev–Trinajstić information content (AvgIpc) is 2.69. The van der Waals surface area contributed by atoms with Crippen molar-refractivity contribution < 1.29 is 4.79 Å². The lowest BCUT2D eigenvalue weighted by atomic mass is 10.3. The van der Waals surface area contributed by atoms with Crippen LogP contribution in [0.3, 0.4) is 0 Å². The highest BCUT2D eigenvalue weighted by molar-refractivity contribution is 9.11. The van der Waals surface area contributed by atoms with Crippen molar-refractivity contribution in [3.63, 3.8) is 0 Å². The molecular weight excluding hydrogens is 434 g/mol. The van der Waals surface area contributed by atoms with Gasteiger partial charge in [0.2, 0.25) is 0 Å². The molecule has 0 saturated carbocycles. The Morgan fingerprint density at radius 2 is 1.88 bits per heavy atom. The van der Waals surface area contributed by atoms with Gasteiger partial charge in [-0.3, -0.25) is 4.79 Å². The number of anilines is 1. The largest absolute Gasteiger partial charge is 0.320 e. The zero-order valence-corrected chi connectivity index (χ0v) is 13.9. The molecule has 88 valence electrons. The molecule has 17 heavy (non-hydrogen) atoms. The summed E-state index contributed by atoms with van der Waals surface area (Å²) in [5.74, 6) is -0.108. The highest BCUT2D eigenvalue weighted by Crippen LogP contribution is 2.28. The van der Waals surface area contributed by atoms with Gasteiger partial charge in [0.15, 0.2) is 0 Å². The van der Waals surface area contributed by atoms with Crippen LogP contribution < -0.4 is 5.32 Å². The maximum absolute atomic E-state index is 11.9. The van der Waals surface area contributed by atoms with Gasteiger partial charge in [-0.25, -0.2) is 0 Å². The van der Waals surface area contributed by atoms with E-state index in [9.17, 15) is 4.79 Å². The molecule has 2 aromatic rings. The topological polar surface area (TPSA) is 29.1 Å². The first-order valence-electron chi connectivity index (χ1n) is 4.58. The Morgan fingerprint density at radius 3 is 2.47 bits per heavy atom. The molecule has 1 heterocycles. The molecule has 0 bridgehead atoms. The van der Waals surface area contributed by atoms with Gasteiger partial charge in [-0.2, -0.15) is 0 Å². The highest BCUT2D eigenvalue weighted by atomic mass is 79.9. The SMILES string of the molecule is O=C(Nc1ccc(Br)cc1Br)c1ccc(Br)s1. The molecule has 1 aromatic carbocycles. The molecule has 0 atom stereocenters. The van der Waals surface area contributed by atoms with Gasteiger partial charge in [0.25, 0.3) is 5.91 Å². The summed E-state index contributed by atoms with van der Waals surface area (Å²) in [4.78, 5) is 12.6. The quantitative estimate of drug-likeness (QED) is 0.677. The van der Waals surface area contributed by atoms with Gasteiger partial charge in [0.1, 0.15) is 0 Å². The van der Waals surface area contributed by atoms with Crippen molar-refractivity contribution in [2.75, 3.05) is 5.32 Å². The fourth-order valence-corrected chi connectivity index (χ4v) is 3.64. The predicted octanol–water partition coefficient (Wildman–Crippen LogP) is 5.29. The van der Waals surface area contributed by atoms with Crippen molar-refractivity contribution in [2.45, 2.75) is 0 Å². The fraction of sp³-hybridized carbons (Fsp3) is 0. The zero-order valence-electron chi connectivity index (χ0n) is 8.34. The summed E-state index contributed by atoms with van der Waals surface area (Å²) in [6, 6.07) is 9.26. The van der Waals surface area contributed by atoms with Gasteiger partial charge >= 0.3 is 0 Å². The summed E-state index contributed by atoms with van der Waals surface area (Å²) >= 11 is 11.5. The maximum Gasteiger partial charge on any atom is 0.265 e. The van der Waals surface area contributed by atoms with E-state index in [2.05, 4.69) is 53.1 Å². The van der Waals surface area contributed by atoms with Gasteiger partial charge in [-0.1, -0.05) is 15.9 Å². The smallest absolute Gasteiger partial charge is 0.265 e. The normalized spacial score (nSPS) is 10.3. The van der Waals surface area contributed by atoms with Crippen LogP contribution in [0.5, 0.6) is 0 Å². The lowest BCUT2D eigenvalue weighted by molar-refractivity contribution is 0.103. The molecule has 1 amide bonds. The van der Waals surface area contributed by atoms with E-state index >= 15 is 0 Å². The van der Waals surface area contributed by atoms with Crippen LogP contribution in [-0.4, -0.2) is 5.91 Å². The van der Waals surface area contributed by atoms with E-state index < -0.39 is 0 Å². The van der Waals surface area contributed by atoms with Crippen LogP contribution in [0.2, 0.25) is 0 Å². The minimum absolute atomic E-state index is 0.108. The van der Waals surface area contributed by atoms with Crippen molar-refractivity contribution >= 4 is 70.7 Å². The Morgan fingerprint density at radius 1 is 1.12 bits per heavy atom. The molecule has 2 rings (SSSR count). The number of thiophene rings is 1. The molecule has 1 N–H and O–H groups in total. The first-order valence-corrected chi connectivity index (χ1v) is 7.77. The van der Waals surface area contributed by atoms with Gasteiger partial charge in [-0.15, -0.1) is 11.3 Å². The molecule has 0 radical (unpaired) electrons. The molecule has 1 aromatic heterocycles. The number of hydrogen-bond donors (Lipinski definition) is 1. The number of carbonyl (C=O) groups excluding carboxylic acids is 1. The van der Waals surface area contributed by atoms with E-state index in [1.54, 1.807) is 6.07 Å². The Kier molecular flexibility index (Phi) is 4.41. The second-order valence-corrected chi connectivity index (χ2v) is 7.42. The van der Waals surface area contributed by atoms with Crippen LogP contribution in [0.1, 0.15) is 9.67 Å². The molecule has 0 saturated heterocycles. The van der Waals surface area contributed by atoms with E-state index in [1.165, 1.54) is 11.3 Å². The van der Waals surface area contributed by atoms with E-state index in [-0.39, 0.29) is 5.91 Å². The number of halogens is 3. The zero-order chi connectivity index (χ0) is 12.4. The van der Waals surface area contributed by atoms with E-state index in [4.69, 9.17) is 0 Å². The number of amides is 1. The van der Waals surface area contributed by atoms with Gasteiger partial charge in [-0.05, 0) is 62.2 Å². The van der Waals surface area contributed by atoms with Crippen LogP contribution >= 0.6 is 59.1 Å². The molecule has 0 unspecified atom stereocenters. The Hall–Kier alpha value is -0.170. The number of benzene rings is 1. The summed E-state index contributed by atoms with van der Waals surface area (Å²) in [6.45, 7) is 0. The third-order valence-corrected chi connectivity index (χ3v) is 4.75. The minimum Gasteiger partial charge on any atom is -0.320 e. The minimum atomic E-state index is -0.108. The molecule has 6 heteroatoms. The van der Waals surface area contributed by atoms with Crippen molar-refractivity contribution in [3.05, 3.63) is 47.9 Å². The summed E-state index contributed by atoms with van der Waals surface area (Å²) in [7, 11) is 0. The van der Waals surface area contributed by atoms with Crippen LogP contribution in [0, 0.1) is 0 Å². The predicted molar refractivity (Wildman–Crippen MR) is 81.8 cm³/mol. The van der Waals surface area contributed by atoms with E-state index in [1.807, 2.05) is 24.3 Å². The van der Waals surface area contributed by atoms with Crippen molar-refractivity contribution in [3.8, 4) is 0 Å². The molecule has 2 nitrogen and oxygen atoms in total. The summed E-state index contributed by atoms with van der Waals surface area (Å²) in [5.41, 5.74) is 0.753. The molecule has 0 spiro atoms. The van der Waals surface area contributed by atoms with Crippen molar-refractivity contribution in [1.29, 1.82) is 0 Å². The first kappa shape index (κ1) is 13.3. The Balaban J connectivity index is 2.18. The standard InChI is InChI=1S/C11H6Br3NOS/c12-6-1-2-8(7(13)5-6)15-11(16)9-3-4-10(14)17-9/h1-5H,(H,15,16). The highest BCUT2D eigenvalue weighted by Gasteiger charge is 2.10. The molecule has 0 aliphatic carbocycles. The lowest BCUT2D eigenvalue weighted by Crippen LogP contribution is -2.10. The Labute approximate surface area is 128 Å². The first-order chi connectivity index (χ1) is 8.06. The second-order valence-electron chi connectivity index (χ2n) is 3.18. The monoisotopic (exact) mass is 437 g/mol. The average molecular weight is 440 g/mol. The van der Waals surface area contributed by atoms with Gasteiger partial charge < -0.3 is 5.32 Å². The molecule has 0 aliphatic heterocycles. The summed E-state index contributed by atoms with van der Waals surface area (Å²) in [5, 5.41) is 2.85. The third-order valence-electron chi connectivity index (χ3n) is 1.98. The summed E-state index contributed by atoms with van der Waals surface area (Å²) in [6.07, 6.45) is 0. The number of nitrogens with one attached hydrogen (secondary N) is 1. The fourth-order valence-electron chi connectivity index (χ4n) is 1.21. The number of carbonyl (C=O) groups is 1. The lowest BCUT2D eigenvalue weighted by Gasteiger charge is -2.06. The van der Waals surface area contributed by atoms with Gasteiger partial charge in [0.05, 0.1) is 14.4 Å². The van der Waals surface area contributed by atoms with Crippen LogP contribution in [0.15, 0.2) is 43.1 Å². The molecule has 0 fully saturated rings. The Bertz CT molecular complexity index is 568.